The molecule has 2 rings (SSSR count). The van der Waals surface area contributed by atoms with E-state index in [4.69, 9.17) is 27.9 Å². The van der Waals surface area contributed by atoms with E-state index in [0.717, 1.165) is 12.1 Å². The second-order valence-corrected chi connectivity index (χ2v) is 5.24. The van der Waals surface area contributed by atoms with Crippen molar-refractivity contribution in [2.45, 2.75) is 13.3 Å². The van der Waals surface area contributed by atoms with Crippen LogP contribution in [-0.2, 0) is 4.74 Å². The van der Waals surface area contributed by atoms with Crippen molar-refractivity contribution in [3.63, 3.8) is 0 Å². The van der Waals surface area contributed by atoms with Crippen LogP contribution in [0.15, 0.2) is 30.5 Å². The van der Waals surface area contributed by atoms with Crippen molar-refractivity contribution < 1.29 is 9.53 Å². The van der Waals surface area contributed by atoms with Crippen molar-refractivity contribution in [3.8, 4) is 0 Å². The molecule has 5 nitrogen and oxygen atoms in total. The second-order valence-electron chi connectivity index (χ2n) is 4.49. The highest BCUT2D eigenvalue weighted by molar-refractivity contribution is 6.33. The number of rotatable bonds is 5. The Morgan fingerprint density at radius 3 is 2.73 bits per heavy atom. The number of methoxy groups -OCH3 is 1. The van der Waals surface area contributed by atoms with E-state index in [0.29, 0.717) is 22.9 Å². The molecule has 0 aliphatic heterocycles. The van der Waals surface area contributed by atoms with Crippen LogP contribution in [-0.4, -0.2) is 29.6 Å². The molecule has 0 saturated carbocycles. The van der Waals surface area contributed by atoms with Gasteiger partial charge in [-0.05, 0) is 42.3 Å². The van der Waals surface area contributed by atoms with Crippen LogP contribution in [0.3, 0.4) is 0 Å². The quantitative estimate of drug-likeness (QED) is 0.605. The summed E-state index contributed by atoms with van der Waals surface area (Å²) in [5.41, 5.74) is 1.09. The smallest absolute Gasteiger partial charge is 0.339 e. The van der Waals surface area contributed by atoms with Crippen molar-refractivity contribution >= 4 is 40.7 Å². The molecule has 0 aliphatic carbocycles. The third-order valence-electron chi connectivity index (χ3n) is 3.00. The van der Waals surface area contributed by atoms with Crippen molar-refractivity contribution in [1.82, 2.24) is 9.97 Å². The van der Waals surface area contributed by atoms with E-state index < -0.39 is 5.97 Å². The number of aromatic nitrogens is 2. The van der Waals surface area contributed by atoms with Crippen LogP contribution in [0.2, 0.25) is 10.3 Å². The van der Waals surface area contributed by atoms with Crippen LogP contribution in [0, 0.1) is 0 Å². The standard InChI is InChI=1S/C15H15Cl2N3O2/c1-3-8-20(13-6-7-18-15(17)19-13)10-4-5-12(16)11(9-10)14(21)22-2/h4-7,9H,3,8H2,1-2H3. The van der Waals surface area contributed by atoms with E-state index in [1.165, 1.54) is 7.11 Å². The SMILES string of the molecule is CCCN(c1ccc(Cl)c(C(=O)OC)c1)c1ccnc(Cl)n1. The van der Waals surface area contributed by atoms with Crippen molar-refractivity contribution in [2.24, 2.45) is 0 Å². The molecule has 0 fully saturated rings. The first-order valence-electron chi connectivity index (χ1n) is 6.70. The molecule has 0 spiro atoms. The third kappa shape index (κ3) is 3.67. The number of halogens is 2. The van der Waals surface area contributed by atoms with Gasteiger partial charge in [0.1, 0.15) is 5.82 Å². The van der Waals surface area contributed by atoms with Crippen molar-refractivity contribution in [2.75, 3.05) is 18.6 Å². The van der Waals surface area contributed by atoms with E-state index in [1.807, 2.05) is 17.9 Å². The first-order chi connectivity index (χ1) is 10.6. The fourth-order valence-corrected chi connectivity index (χ4v) is 2.36. The zero-order valence-corrected chi connectivity index (χ0v) is 13.7. The van der Waals surface area contributed by atoms with E-state index in [1.54, 1.807) is 24.4 Å². The maximum atomic E-state index is 11.8. The summed E-state index contributed by atoms with van der Waals surface area (Å²) in [4.78, 5) is 21.8. The second kappa shape index (κ2) is 7.42. The molecule has 0 bridgehead atoms. The predicted octanol–water partition coefficient (Wildman–Crippen LogP) is 4.12. The lowest BCUT2D eigenvalue weighted by Gasteiger charge is -2.24. The number of nitrogens with zero attached hydrogens (tertiary/aromatic N) is 3. The van der Waals surface area contributed by atoms with Gasteiger partial charge < -0.3 is 9.64 Å². The first kappa shape index (κ1) is 16.5. The lowest BCUT2D eigenvalue weighted by molar-refractivity contribution is 0.0601. The Kier molecular flexibility index (Phi) is 5.57. The Labute approximate surface area is 138 Å². The molecule has 0 saturated heterocycles. The Hall–Kier alpha value is -1.85. The summed E-state index contributed by atoms with van der Waals surface area (Å²) >= 11 is 11.9. The van der Waals surface area contributed by atoms with E-state index in [2.05, 4.69) is 9.97 Å². The predicted molar refractivity (Wildman–Crippen MR) is 87.1 cm³/mol. The molecule has 7 heteroatoms. The van der Waals surface area contributed by atoms with Gasteiger partial charge in [-0.15, -0.1) is 0 Å². The Morgan fingerprint density at radius 2 is 2.09 bits per heavy atom. The molecule has 0 atom stereocenters. The van der Waals surface area contributed by atoms with Gasteiger partial charge in [0.15, 0.2) is 0 Å². The Balaban J connectivity index is 2.47. The number of benzene rings is 1. The van der Waals surface area contributed by atoms with E-state index in [9.17, 15) is 4.79 Å². The van der Waals surface area contributed by atoms with Gasteiger partial charge in [-0.25, -0.2) is 14.8 Å². The number of carbonyl (C=O) groups is 1. The molecule has 1 aromatic heterocycles. The van der Waals surface area contributed by atoms with Crippen LogP contribution in [0.5, 0.6) is 0 Å². The highest BCUT2D eigenvalue weighted by Crippen LogP contribution is 2.29. The number of ether oxygens (including phenoxy) is 1. The van der Waals surface area contributed by atoms with Crippen LogP contribution < -0.4 is 4.90 Å². The fourth-order valence-electron chi connectivity index (χ4n) is 2.02. The maximum absolute atomic E-state index is 11.8. The molecule has 0 radical (unpaired) electrons. The Bertz CT molecular complexity index is 680. The van der Waals surface area contributed by atoms with Crippen LogP contribution in [0.25, 0.3) is 0 Å². The normalized spacial score (nSPS) is 10.4. The van der Waals surface area contributed by atoms with Gasteiger partial charge in [0.2, 0.25) is 5.28 Å². The van der Waals surface area contributed by atoms with Gasteiger partial charge in [0.25, 0.3) is 0 Å². The summed E-state index contributed by atoms with van der Waals surface area (Å²) in [5.74, 6) is 0.170. The number of carbonyl (C=O) groups excluding carboxylic acids is 1. The van der Waals surface area contributed by atoms with E-state index in [-0.39, 0.29) is 5.28 Å². The highest BCUT2D eigenvalue weighted by Gasteiger charge is 2.16. The van der Waals surface area contributed by atoms with Gasteiger partial charge in [-0.2, -0.15) is 0 Å². The summed E-state index contributed by atoms with van der Waals surface area (Å²) in [6.45, 7) is 2.75. The van der Waals surface area contributed by atoms with Crippen LogP contribution in [0.1, 0.15) is 23.7 Å². The number of anilines is 2. The topological polar surface area (TPSA) is 55.3 Å². The minimum Gasteiger partial charge on any atom is -0.465 e. The van der Waals surface area contributed by atoms with Gasteiger partial charge in [0.05, 0.1) is 17.7 Å². The average molecular weight is 340 g/mol. The van der Waals surface area contributed by atoms with Gasteiger partial charge in [-0.3, -0.25) is 0 Å². The van der Waals surface area contributed by atoms with Crippen LogP contribution >= 0.6 is 23.2 Å². The van der Waals surface area contributed by atoms with Gasteiger partial charge in [0, 0.05) is 18.4 Å². The molecule has 116 valence electrons. The maximum Gasteiger partial charge on any atom is 0.339 e. The van der Waals surface area contributed by atoms with Crippen LogP contribution in [0.4, 0.5) is 11.5 Å². The van der Waals surface area contributed by atoms with Crippen molar-refractivity contribution in [3.05, 3.63) is 46.3 Å². The monoisotopic (exact) mass is 339 g/mol. The summed E-state index contributed by atoms with van der Waals surface area (Å²) in [6, 6.07) is 6.92. The fraction of sp³-hybridized carbons (Fsp3) is 0.267. The molecule has 1 heterocycles. The minimum absolute atomic E-state index is 0.167. The summed E-state index contributed by atoms with van der Waals surface area (Å²) in [6.07, 6.45) is 2.47. The number of esters is 1. The molecule has 0 unspecified atom stereocenters. The van der Waals surface area contributed by atoms with Gasteiger partial charge in [-0.1, -0.05) is 18.5 Å². The lowest BCUT2D eigenvalue weighted by Crippen LogP contribution is -2.20. The molecule has 1 aromatic carbocycles. The third-order valence-corrected chi connectivity index (χ3v) is 3.51. The molecular formula is C15H15Cl2N3O2. The highest BCUT2D eigenvalue weighted by atomic mass is 35.5. The molecule has 0 amide bonds. The average Bonchev–Trinajstić information content (AvgIpc) is 2.52. The molecule has 0 N–H and O–H groups in total. The molecule has 2 aromatic rings. The minimum atomic E-state index is -0.482. The summed E-state index contributed by atoms with van der Waals surface area (Å²) in [7, 11) is 1.32. The molecule has 22 heavy (non-hydrogen) atoms. The zero-order chi connectivity index (χ0) is 16.1. The first-order valence-corrected chi connectivity index (χ1v) is 7.46. The van der Waals surface area contributed by atoms with Gasteiger partial charge >= 0.3 is 5.97 Å². The molecular weight excluding hydrogens is 325 g/mol. The number of hydrogen-bond acceptors (Lipinski definition) is 5. The van der Waals surface area contributed by atoms with Crippen molar-refractivity contribution in [1.29, 1.82) is 0 Å². The number of hydrogen-bond donors (Lipinski definition) is 0. The molecule has 0 aliphatic rings. The lowest BCUT2D eigenvalue weighted by atomic mass is 10.1. The summed E-state index contributed by atoms with van der Waals surface area (Å²) < 4.78 is 4.75. The summed E-state index contributed by atoms with van der Waals surface area (Å²) in [5, 5.41) is 0.508. The zero-order valence-electron chi connectivity index (χ0n) is 12.2. The van der Waals surface area contributed by atoms with E-state index >= 15 is 0 Å². The largest absolute Gasteiger partial charge is 0.465 e. The Morgan fingerprint density at radius 1 is 1.32 bits per heavy atom.